The van der Waals surface area contributed by atoms with E-state index in [0.29, 0.717) is 35.6 Å². The van der Waals surface area contributed by atoms with Crippen molar-refractivity contribution in [1.82, 2.24) is 5.32 Å². The third-order valence-electron chi connectivity index (χ3n) is 4.56. The quantitative estimate of drug-likeness (QED) is 0.298. The van der Waals surface area contributed by atoms with Crippen LogP contribution in [0.5, 0.6) is 17.2 Å². The van der Waals surface area contributed by atoms with Crippen LogP contribution in [0.25, 0.3) is 6.08 Å². The summed E-state index contributed by atoms with van der Waals surface area (Å²) in [6.07, 6.45) is 3.46. The van der Waals surface area contributed by atoms with Crippen molar-refractivity contribution >= 4 is 40.9 Å². The molecular formula is C23H22N2O5S. The fourth-order valence-corrected chi connectivity index (χ4v) is 3.46. The lowest BCUT2D eigenvalue weighted by Gasteiger charge is -2.29. The largest absolute Gasteiger partial charge is 0.504 e. The third-order valence-corrected chi connectivity index (χ3v) is 4.84. The second-order valence-electron chi connectivity index (χ2n) is 6.61. The molecule has 1 fully saturated rings. The van der Waals surface area contributed by atoms with Crippen LogP contribution in [0.1, 0.15) is 18.1 Å². The van der Waals surface area contributed by atoms with Crippen LogP contribution >= 0.6 is 12.2 Å². The van der Waals surface area contributed by atoms with E-state index in [1.54, 1.807) is 42.5 Å². The SMILES string of the molecule is C=CCc1cc(C=C2C(=O)NC(=S)N(c3cccc(OCC)c3)C2=O)cc(OC)c1O. The van der Waals surface area contributed by atoms with Gasteiger partial charge in [-0.2, -0.15) is 0 Å². The minimum absolute atomic E-state index is 0.0143. The van der Waals surface area contributed by atoms with Gasteiger partial charge in [-0.05, 0) is 61.5 Å². The molecule has 1 aliphatic heterocycles. The zero-order chi connectivity index (χ0) is 22.5. The maximum absolute atomic E-state index is 13.2. The number of carbonyl (C=O) groups is 2. The summed E-state index contributed by atoms with van der Waals surface area (Å²) in [5.41, 5.74) is 1.44. The summed E-state index contributed by atoms with van der Waals surface area (Å²) in [4.78, 5) is 27.0. The molecule has 3 rings (SSSR count). The number of nitrogens with zero attached hydrogens (tertiary/aromatic N) is 1. The number of aromatic hydroxyl groups is 1. The van der Waals surface area contributed by atoms with Gasteiger partial charge in [-0.1, -0.05) is 12.1 Å². The molecule has 0 aromatic heterocycles. The molecule has 2 amide bonds. The van der Waals surface area contributed by atoms with Gasteiger partial charge >= 0.3 is 0 Å². The fourth-order valence-electron chi connectivity index (χ4n) is 3.18. The van der Waals surface area contributed by atoms with Gasteiger partial charge in [0.2, 0.25) is 0 Å². The fraction of sp³-hybridized carbons (Fsp3) is 0.174. The summed E-state index contributed by atoms with van der Waals surface area (Å²) in [6.45, 7) is 6.01. The first-order valence-electron chi connectivity index (χ1n) is 9.54. The molecule has 0 atom stereocenters. The number of benzene rings is 2. The smallest absolute Gasteiger partial charge is 0.270 e. The maximum atomic E-state index is 13.2. The average Bonchev–Trinajstić information content (AvgIpc) is 2.73. The van der Waals surface area contributed by atoms with E-state index in [-0.39, 0.29) is 22.2 Å². The topological polar surface area (TPSA) is 88.1 Å². The number of amides is 2. The number of phenolic OH excluding ortho intramolecular Hbond substituents is 1. The Morgan fingerprint density at radius 2 is 2.03 bits per heavy atom. The highest BCUT2D eigenvalue weighted by molar-refractivity contribution is 7.80. The molecule has 0 spiro atoms. The van der Waals surface area contributed by atoms with Crippen LogP contribution in [0, 0.1) is 0 Å². The molecule has 8 heteroatoms. The first kappa shape index (κ1) is 22.0. The van der Waals surface area contributed by atoms with E-state index >= 15 is 0 Å². The van der Waals surface area contributed by atoms with E-state index in [0.717, 1.165) is 0 Å². The molecule has 2 aromatic rings. The Bertz CT molecular complexity index is 1090. The van der Waals surface area contributed by atoms with Gasteiger partial charge in [0.15, 0.2) is 16.6 Å². The van der Waals surface area contributed by atoms with Crippen LogP contribution in [0.3, 0.4) is 0 Å². The Kier molecular flexibility index (Phi) is 6.71. The number of phenols is 1. The van der Waals surface area contributed by atoms with Crippen LogP contribution in [0.15, 0.2) is 54.6 Å². The summed E-state index contributed by atoms with van der Waals surface area (Å²) in [5.74, 6) is -0.384. The van der Waals surface area contributed by atoms with Crippen LogP contribution in [0.4, 0.5) is 5.69 Å². The number of carbonyl (C=O) groups excluding carboxylic acids is 2. The third kappa shape index (κ3) is 4.59. The Labute approximate surface area is 185 Å². The zero-order valence-electron chi connectivity index (χ0n) is 17.2. The van der Waals surface area contributed by atoms with Gasteiger partial charge in [-0.25, -0.2) is 0 Å². The van der Waals surface area contributed by atoms with E-state index in [1.807, 2.05) is 6.92 Å². The Balaban J connectivity index is 2.04. The second-order valence-corrected chi connectivity index (χ2v) is 7.00. The Morgan fingerprint density at radius 3 is 2.71 bits per heavy atom. The van der Waals surface area contributed by atoms with E-state index in [4.69, 9.17) is 21.7 Å². The van der Waals surface area contributed by atoms with Crippen molar-refractivity contribution in [2.24, 2.45) is 0 Å². The summed E-state index contributed by atoms with van der Waals surface area (Å²) >= 11 is 5.24. The molecule has 1 saturated heterocycles. The molecule has 0 unspecified atom stereocenters. The predicted molar refractivity (Wildman–Crippen MR) is 122 cm³/mol. The molecule has 160 valence electrons. The van der Waals surface area contributed by atoms with Gasteiger partial charge in [0.05, 0.1) is 19.4 Å². The molecule has 1 aliphatic rings. The van der Waals surface area contributed by atoms with Crippen molar-refractivity contribution in [1.29, 1.82) is 0 Å². The lowest BCUT2D eigenvalue weighted by molar-refractivity contribution is -0.122. The number of ether oxygens (including phenoxy) is 2. The molecule has 2 N–H and O–H groups in total. The van der Waals surface area contributed by atoms with Crippen molar-refractivity contribution in [3.8, 4) is 17.2 Å². The number of anilines is 1. The normalized spacial score (nSPS) is 15.1. The van der Waals surface area contributed by atoms with Crippen LogP contribution in [-0.2, 0) is 16.0 Å². The molecule has 2 aromatic carbocycles. The molecular weight excluding hydrogens is 416 g/mol. The predicted octanol–water partition coefficient (Wildman–Crippen LogP) is 3.36. The highest BCUT2D eigenvalue weighted by Crippen LogP contribution is 2.33. The second kappa shape index (κ2) is 9.44. The Hall–Kier alpha value is -3.65. The number of hydrogen-bond acceptors (Lipinski definition) is 6. The molecule has 0 aliphatic carbocycles. The van der Waals surface area contributed by atoms with Crippen LogP contribution in [0.2, 0.25) is 0 Å². The number of hydrogen-bond donors (Lipinski definition) is 2. The average molecular weight is 439 g/mol. The van der Waals surface area contributed by atoms with Crippen molar-refractivity contribution in [2.75, 3.05) is 18.6 Å². The maximum Gasteiger partial charge on any atom is 0.270 e. The van der Waals surface area contributed by atoms with E-state index < -0.39 is 11.8 Å². The lowest BCUT2D eigenvalue weighted by Crippen LogP contribution is -2.54. The lowest BCUT2D eigenvalue weighted by atomic mass is 10.0. The van der Waals surface area contributed by atoms with E-state index in [1.165, 1.54) is 18.1 Å². The van der Waals surface area contributed by atoms with Gasteiger partial charge < -0.3 is 14.6 Å². The molecule has 7 nitrogen and oxygen atoms in total. The first-order chi connectivity index (χ1) is 14.9. The molecule has 31 heavy (non-hydrogen) atoms. The number of methoxy groups -OCH3 is 1. The minimum atomic E-state index is -0.607. The monoisotopic (exact) mass is 438 g/mol. The van der Waals surface area contributed by atoms with Crippen molar-refractivity contribution in [3.05, 3.63) is 65.8 Å². The number of allylic oxidation sites excluding steroid dienone is 1. The van der Waals surface area contributed by atoms with Gasteiger partial charge in [0.25, 0.3) is 11.8 Å². The highest BCUT2D eigenvalue weighted by atomic mass is 32.1. The molecule has 0 saturated carbocycles. The van der Waals surface area contributed by atoms with Gasteiger partial charge in [-0.15, -0.1) is 6.58 Å². The summed E-state index contributed by atoms with van der Waals surface area (Å²) < 4.78 is 10.7. The van der Waals surface area contributed by atoms with Crippen LogP contribution in [-0.4, -0.2) is 35.8 Å². The summed E-state index contributed by atoms with van der Waals surface area (Å²) in [5, 5.41) is 12.8. The van der Waals surface area contributed by atoms with E-state index in [2.05, 4.69) is 11.9 Å². The molecule has 0 radical (unpaired) electrons. The van der Waals surface area contributed by atoms with E-state index in [9.17, 15) is 14.7 Å². The molecule has 0 bridgehead atoms. The first-order valence-corrected chi connectivity index (χ1v) is 9.95. The van der Waals surface area contributed by atoms with Crippen molar-refractivity contribution < 1.29 is 24.2 Å². The summed E-state index contributed by atoms with van der Waals surface area (Å²) in [7, 11) is 1.42. The zero-order valence-corrected chi connectivity index (χ0v) is 18.0. The molecule has 1 heterocycles. The van der Waals surface area contributed by atoms with Crippen LogP contribution < -0.4 is 19.7 Å². The Morgan fingerprint density at radius 1 is 1.26 bits per heavy atom. The minimum Gasteiger partial charge on any atom is -0.504 e. The summed E-state index contributed by atoms with van der Waals surface area (Å²) in [6, 6.07) is 10.1. The highest BCUT2D eigenvalue weighted by Gasteiger charge is 2.34. The van der Waals surface area contributed by atoms with Gasteiger partial charge in [0, 0.05) is 11.6 Å². The van der Waals surface area contributed by atoms with Gasteiger partial charge in [-0.3, -0.25) is 19.8 Å². The van der Waals surface area contributed by atoms with Gasteiger partial charge in [0.1, 0.15) is 11.3 Å². The van der Waals surface area contributed by atoms with Crippen molar-refractivity contribution in [2.45, 2.75) is 13.3 Å². The number of rotatable bonds is 7. The number of thiocarbonyl (C=S) groups is 1. The standard InChI is InChI=1S/C23H22N2O5S/c1-4-7-15-10-14(12-19(29-3)20(15)26)11-18-21(27)24-23(31)25(22(18)28)16-8-6-9-17(13-16)30-5-2/h4,6,8-13,26H,1,5,7H2,2-3H3,(H,24,27,31). The number of nitrogens with one attached hydrogen (secondary N) is 1. The van der Waals surface area contributed by atoms with Crippen molar-refractivity contribution in [3.63, 3.8) is 0 Å².